The minimum atomic E-state index is -0.686. The molecule has 0 aliphatic heterocycles. The summed E-state index contributed by atoms with van der Waals surface area (Å²) < 4.78 is 5.84. The third-order valence-corrected chi connectivity index (χ3v) is 7.10. The number of carbonyl (C=O) groups excluding carboxylic acids is 1. The molecular weight excluding hydrogens is 452 g/mol. The molecule has 1 aromatic carbocycles. The average molecular weight is 491 g/mol. The molecule has 34 heavy (non-hydrogen) atoms. The van der Waals surface area contributed by atoms with Crippen LogP contribution in [-0.4, -0.2) is 52.6 Å². The first kappa shape index (κ1) is 26.6. The molecule has 0 bridgehead atoms. The summed E-state index contributed by atoms with van der Waals surface area (Å²) in [6.07, 6.45) is 11.4. The van der Waals surface area contributed by atoms with Gasteiger partial charge in [0.05, 0.1) is 18.6 Å². The lowest BCUT2D eigenvalue weighted by Crippen LogP contribution is -2.39. The molecule has 0 spiro atoms. The second kappa shape index (κ2) is 14.4. The molecule has 2 aromatic rings. The van der Waals surface area contributed by atoms with Gasteiger partial charge >= 0.3 is 0 Å². The molecule has 1 fully saturated rings. The summed E-state index contributed by atoms with van der Waals surface area (Å²) >= 11 is 5.82. The van der Waals surface area contributed by atoms with Gasteiger partial charge in [-0.2, -0.15) is 0 Å². The number of unbranched alkanes of at least 4 members (excludes halogenated alkanes) is 1. The van der Waals surface area contributed by atoms with Crippen LogP contribution in [0.4, 0.5) is 0 Å². The van der Waals surface area contributed by atoms with E-state index in [1.807, 2.05) is 23.1 Å². The van der Waals surface area contributed by atoms with Crippen LogP contribution in [0.2, 0.25) is 0 Å². The van der Waals surface area contributed by atoms with Gasteiger partial charge in [-0.05, 0) is 49.4 Å². The Kier molecular flexibility index (Phi) is 11.2. The van der Waals surface area contributed by atoms with Crippen LogP contribution in [0.15, 0.2) is 35.1 Å². The molecular formula is C27H39ClN2O4. The molecule has 1 saturated carbocycles. The second-order valence-electron chi connectivity index (χ2n) is 9.52. The third-order valence-electron chi connectivity index (χ3n) is 6.74. The Labute approximate surface area is 207 Å². The number of nitrogens with one attached hydrogen (secondary N) is 1. The summed E-state index contributed by atoms with van der Waals surface area (Å²) in [5.74, 6) is 1.65. The fourth-order valence-corrected chi connectivity index (χ4v) is 4.83. The van der Waals surface area contributed by atoms with Crippen molar-refractivity contribution in [1.82, 2.24) is 9.88 Å². The van der Waals surface area contributed by atoms with E-state index in [4.69, 9.17) is 16.3 Å². The number of carbonyl (C=O) groups is 1. The standard InChI is InChI=1S/C27H39ClN2O4/c28-19-23(31)20-30(16-15-21-8-4-2-1-3-5-9-21)27(33)10-6-7-17-34-24-12-13-25-22(18-24)11-14-26(32)29-25/h11-14,18,21,23,31H,1-10,15-17,19-20H2,(H,29,32). The number of rotatable bonds is 12. The molecule has 1 atom stereocenters. The van der Waals surface area contributed by atoms with E-state index in [2.05, 4.69) is 4.98 Å². The normalized spacial score (nSPS) is 16.1. The number of aliphatic hydroxyl groups excluding tert-OH is 1. The Morgan fingerprint density at radius 1 is 1.12 bits per heavy atom. The van der Waals surface area contributed by atoms with Crippen molar-refractivity contribution in [2.75, 3.05) is 25.6 Å². The zero-order valence-corrected chi connectivity index (χ0v) is 20.9. The molecule has 0 saturated heterocycles. The van der Waals surface area contributed by atoms with E-state index >= 15 is 0 Å². The van der Waals surface area contributed by atoms with Crippen molar-refractivity contribution in [3.8, 4) is 5.75 Å². The predicted octanol–water partition coefficient (Wildman–Crippen LogP) is 5.26. The highest BCUT2D eigenvalue weighted by atomic mass is 35.5. The van der Waals surface area contributed by atoms with Crippen molar-refractivity contribution in [3.63, 3.8) is 0 Å². The number of amides is 1. The number of aliphatic hydroxyl groups is 1. The number of halogens is 1. The predicted molar refractivity (Wildman–Crippen MR) is 138 cm³/mol. The van der Waals surface area contributed by atoms with Gasteiger partial charge in [0.1, 0.15) is 5.75 Å². The fraction of sp³-hybridized carbons (Fsp3) is 0.630. The average Bonchev–Trinajstić information content (AvgIpc) is 2.82. The molecule has 7 heteroatoms. The number of aromatic nitrogens is 1. The molecule has 2 N–H and O–H groups in total. The number of fused-ring (bicyclic) bond motifs is 1. The summed E-state index contributed by atoms with van der Waals surface area (Å²) in [5, 5.41) is 11.0. The van der Waals surface area contributed by atoms with Gasteiger partial charge < -0.3 is 19.7 Å². The molecule has 0 radical (unpaired) electrons. The molecule has 1 aromatic heterocycles. The first-order valence-corrected chi connectivity index (χ1v) is 13.4. The van der Waals surface area contributed by atoms with Crippen molar-refractivity contribution in [2.24, 2.45) is 5.92 Å². The van der Waals surface area contributed by atoms with Crippen molar-refractivity contribution in [1.29, 1.82) is 0 Å². The lowest BCUT2D eigenvalue weighted by molar-refractivity contribution is -0.132. The van der Waals surface area contributed by atoms with Crippen molar-refractivity contribution in [3.05, 3.63) is 40.7 Å². The number of aromatic amines is 1. The van der Waals surface area contributed by atoms with E-state index in [1.165, 1.54) is 51.0 Å². The Morgan fingerprint density at radius 2 is 1.88 bits per heavy atom. The maximum atomic E-state index is 12.9. The molecule has 1 heterocycles. The SMILES string of the molecule is O=C(CCCCOc1ccc2[nH]c(=O)ccc2c1)N(CCC1CCCCCCC1)CC(O)CCl. The van der Waals surface area contributed by atoms with Crippen molar-refractivity contribution < 1.29 is 14.6 Å². The van der Waals surface area contributed by atoms with Crippen LogP contribution in [0.1, 0.15) is 70.6 Å². The second-order valence-corrected chi connectivity index (χ2v) is 9.83. The van der Waals surface area contributed by atoms with Gasteiger partial charge in [0.2, 0.25) is 11.5 Å². The number of ether oxygens (including phenoxy) is 1. The summed E-state index contributed by atoms with van der Waals surface area (Å²) in [4.78, 5) is 28.9. The van der Waals surface area contributed by atoms with Crippen LogP contribution in [-0.2, 0) is 4.79 Å². The van der Waals surface area contributed by atoms with Gasteiger partial charge in [-0.25, -0.2) is 0 Å². The molecule has 1 unspecified atom stereocenters. The highest BCUT2D eigenvalue weighted by molar-refractivity contribution is 6.18. The molecule has 6 nitrogen and oxygen atoms in total. The number of nitrogens with zero attached hydrogens (tertiary/aromatic N) is 1. The number of alkyl halides is 1. The van der Waals surface area contributed by atoms with Crippen LogP contribution in [0.3, 0.4) is 0 Å². The quantitative estimate of drug-likeness (QED) is 0.314. The van der Waals surface area contributed by atoms with E-state index < -0.39 is 6.10 Å². The van der Waals surface area contributed by atoms with E-state index in [-0.39, 0.29) is 17.3 Å². The lowest BCUT2D eigenvalue weighted by atomic mass is 9.89. The van der Waals surface area contributed by atoms with Crippen molar-refractivity contribution in [2.45, 2.75) is 76.7 Å². The van der Waals surface area contributed by atoms with Gasteiger partial charge in [0.15, 0.2) is 0 Å². The van der Waals surface area contributed by atoms with Gasteiger partial charge in [0, 0.05) is 36.5 Å². The van der Waals surface area contributed by atoms with E-state index in [1.54, 1.807) is 6.07 Å². The van der Waals surface area contributed by atoms with Crippen LogP contribution < -0.4 is 10.3 Å². The zero-order valence-electron chi connectivity index (χ0n) is 20.1. The van der Waals surface area contributed by atoms with Gasteiger partial charge in [-0.15, -0.1) is 11.6 Å². The van der Waals surface area contributed by atoms with E-state index in [0.29, 0.717) is 32.0 Å². The first-order chi connectivity index (χ1) is 16.5. The topological polar surface area (TPSA) is 82.6 Å². The van der Waals surface area contributed by atoms with E-state index in [0.717, 1.165) is 35.9 Å². The number of H-pyrrole nitrogens is 1. The zero-order chi connectivity index (χ0) is 24.2. The first-order valence-electron chi connectivity index (χ1n) is 12.8. The summed E-state index contributed by atoms with van der Waals surface area (Å²) in [6.45, 7) is 1.53. The van der Waals surface area contributed by atoms with Crippen LogP contribution in [0.25, 0.3) is 10.9 Å². The Balaban J connectivity index is 1.42. The number of benzene rings is 1. The smallest absolute Gasteiger partial charge is 0.248 e. The highest BCUT2D eigenvalue weighted by Gasteiger charge is 2.19. The number of pyridine rings is 1. The van der Waals surface area contributed by atoms with E-state index in [9.17, 15) is 14.7 Å². The minimum absolute atomic E-state index is 0.0877. The summed E-state index contributed by atoms with van der Waals surface area (Å²) in [7, 11) is 0. The van der Waals surface area contributed by atoms with Crippen molar-refractivity contribution >= 4 is 28.4 Å². The van der Waals surface area contributed by atoms with Crippen LogP contribution in [0, 0.1) is 5.92 Å². The minimum Gasteiger partial charge on any atom is -0.494 e. The molecule has 188 valence electrons. The molecule has 1 amide bonds. The maximum absolute atomic E-state index is 12.9. The number of hydrogen-bond donors (Lipinski definition) is 2. The molecule has 1 aliphatic carbocycles. The molecule has 1 aliphatic rings. The Morgan fingerprint density at radius 3 is 2.65 bits per heavy atom. The monoisotopic (exact) mass is 490 g/mol. The maximum Gasteiger partial charge on any atom is 0.248 e. The highest BCUT2D eigenvalue weighted by Crippen LogP contribution is 2.25. The van der Waals surface area contributed by atoms with Gasteiger partial charge in [-0.1, -0.05) is 44.9 Å². The Bertz CT molecular complexity index is 940. The third kappa shape index (κ3) is 8.95. The summed E-state index contributed by atoms with van der Waals surface area (Å²) in [6, 6.07) is 8.86. The number of hydrogen-bond acceptors (Lipinski definition) is 4. The fourth-order valence-electron chi connectivity index (χ4n) is 4.74. The van der Waals surface area contributed by atoms with Crippen LogP contribution >= 0.6 is 11.6 Å². The van der Waals surface area contributed by atoms with Gasteiger partial charge in [0.25, 0.3) is 0 Å². The lowest BCUT2D eigenvalue weighted by Gasteiger charge is -2.28. The van der Waals surface area contributed by atoms with Gasteiger partial charge in [-0.3, -0.25) is 9.59 Å². The summed E-state index contributed by atoms with van der Waals surface area (Å²) in [5.41, 5.74) is 0.659. The Hall–Kier alpha value is -2.05. The largest absolute Gasteiger partial charge is 0.494 e. The van der Waals surface area contributed by atoms with Crippen LogP contribution in [0.5, 0.6) is 5.75 Å². The molecule has 3 rings (SSSR count).